The number of rotatable bonds is 0. The van der Waals surface area contributed by atoms with E-state index in [0.29, 0.717) is 0 Å². The van der Waals surface area contributed by atoms with E-state index in [0.717, 1.165) is 0 Å². The Bertz CT molecular complexity index is 11.6. The van der Waals surface area contributed by atoms with Gasteiger partial charge in [-0.25, -0.2) is 0 Å². The zero-order valence-corrected chi connectivity index (χ0v) is 10.1. The molecule has 0 fully saturated rings. The summed E-state index contributed by atoms with van der Waals surface area (Å²) in [5, 5.41) is 0. The Morgan fingerprint density at radius 2 is 1.00 bits per heavy atom. The van der Waals surface area contributed by atoms with Gasteiger partial charge >= 0.3 is 0 Å². The van der Waals surface area contributed by atoms with Crippen LogP contribution in [0.3, 0.4) is 0 Å². The van der Waals surface area contributed by atoms with Crippen molar-refractivity contribution in [3.8, 4) is 0 Å². The van der Waals surface area contributed by atoms with Crippen molar-refractivity contribution in [3.63, 3.8) is 0 Å². The zero-order chi connectivity index (χ0) is 0. The SMILES string of the molecule is [AlH3].[Co].[Cr].[Ta].[Y]. The van der Waals surface area contributed by atoms with Crippen molar-refractivity contribution in [2.75, 3.05) is 0 Å². The molecule has 3 radical (unpaired) electrons. The molecule has 29 valence electrons. The third-order valence-electron chi connectivity index (χ3n) is 0. The predicted octanol–water partition coefficient (Wildman–Crippen LogP) is -1.19. The fourth-order valence-corrected chi connectivity index (χ4v) is 0. The Morgan fingerprint density at radius 1 is 1.00 bits per heavy atom. The summed E-state index contributed by atoms with van der Waals surface area (Å²) in [5.74, 6) is 0. The van der Waals surface area contributed by atoms with Crippen LogP contribution in [-0.4, -0.2) is 17.4 Å². The Balaban J connectivity index is 0. The molecule has 0 aromatic rings. The van der Waals surface area contributed by atoms with Crippen molar-refractivity contribution in [2.24, 2.45) is 0 Å². The van der Waals surface area contributed by atoms with E-state index in [2.05, 4.69) is 0 Å². The molecule has 0 rings (SSSR count). The minimum Gasteiger partial charge on any atom is 0 e. The maximum Gasteiger partial charge on any atom is 0.187 e. The zero-order valence-electron chi connectivity index (χ0n) is 1.77. The normalized spacial score (nSPS) is 0. The van der Waals surface area contributed by atoms with Crippen molar-refractivity contribution < 1.29 is 89.2 Å². The van der Waals surface area contributed by atoms with Gasteiger partial charge in [0.05, 0.1) is 0 Å². The second kappa shape index (κ2) is 26.2. The van der Waals surface area contributed by atoms with E-state index in [1.807, 2.05) is 0 Å². The molecule has 0 saturated carbocycles. The third-order valence-corrected chi connectivity index (χ3v) is 0. The van der Waals surface area contributed by atoms with Gasteiger partial charge in [-0.2, -0.15) is 0 Å². The number of hydrogen-bond donors (Lipinski definition) is 0. The summed E-state index contributed by atoms with van der Waals surface area (Å²) < 4.78 is 0. The average Bonchev–Trinajstić information content (AvgIpc) is 0. The summed E-state index contributed by atoms with van der Waals surface area (Å²) >= 11 is 0. The maximum atomic E-state index is 0. The number of hydrogen-bond acceptors (Lipinski definition) is 0. The summed E-state index contributed by atoms with van der Waals surface area (Å²) in [7, 11) is 0. The van der Waals surface area contributed by atoms with E-state index in [-0.39, 0.29) is 107 Å². The first-order chi connectivity index (χ1) is 0. The first kappa shape index (κ1) is 39.7. The molecule has 0 spiro atoms. The van der Waals surface area contributed by atoms with Crippen molar-refractivity contribution >= 4 is 17.4 Å². The van der Waals surface area contributed by atoms with Crippen LogP contribution in [0.5, 0.6) is 0 Å². The smallest absolute Gasteiger partial charge is 0 e. The summed E-state index contributed by atoms with van der Waals surface area (Å²) in [4.78, 5) is 0. The van der Waals surface area contributed by atoms with Gasteiger partial charge in [0, 0.05) is 89.2 Å². The molecule has 5 heavy (non-hydrogen) atoms. The molecule has 0 aromatic carbocycles. The molecule has 0 aliphatic rings. The van der Waals surface area contributed by atoms with Crippen LogP contribution in [0, 0.1) is 0 Å². The van der Waals surface area contributed by atoms with E-state index in [1.165, 1.54) is 0 Å². The van der Waals surface area contributed by atoms with Crippen LogP contribution in [0.4, 0.5) is 0 Å². The van der Waals surface area contributed by atoms with E-state index >= 15 is 0 Å². The van der Waals surface area contributed by atoms with Gasteiger partial charge in [-0.3, -0.25) is 0 Å². The molecule has 0 aromatic heterocycles. The Labute approximate surface area is 104 Å². The van der Waals surface area contributed by atoms with Gasteiger partial charge in [0.15, 0.2) is 17.4 Å². The molecule has 0 aliphatic carbocycles. The minimum absolute atomic E-state index is 0. The van der Waals surface area contributed by atoms with Crippen molar-refractivity contribution in [1.82, 2.24) is 0 Å². The van der Waals surface area contributed by atoms with Gasteiger partial charge in [0.2, 0.25) is 0 Å². The summed E-state index contributed by atoms with van der Waals surface area (Å²) in [6.07, 6.45) is 0. The van der Waals surface area contributed by atoms with Gasteiger partial charge in [0.1, 0.15) is 0 Å². The van der Waals surface area contributed by atoms with Crippen molar-refractivity contribution in [3.05, 3.63) is 0 Å². The van der Waals surface area contributed by atoms with Crippen molar-refractivity contribution in [2.45, 2.75) is 0 Å². The third kappa shape index (κ3) is 18.6. The van der Waals surface area contributed by atoms with Crippen LogP contribution in [-0.2, 0) is 89.2 Å². The fourth-order valence-electron chi connectivity index (χ4n) is 0. The maximum absolute atomic E-state index is 0. The second-order valence-electron chi connectivity index (χ2n) is 0. The Morgan fingerprint density at radius 3 is 1.00 bits per heavy atom. The Hall–Kier alpha value is 3.42. The van der Waals surface area contributed by atoms with Gasteiger partial charge in [-0.1, -0.05) is 0 Å². The molecule has 5 heteroatoms. The van der Waals surface area contributed by atoms with Gasteiger partial charge in [-0.15, -0.1) is 0 Å². The molecule has 0 bridgehead atoms. The molecule has 0 nitrogen and oxygen atoms in total. The summed E-state index contributed by atoms with van der Waals surface area (Å²) in [6.45, 7) is 0. The summed E-state index contributed by atoms with van der Waals surface area (Å²) in [5.41, 5.74) is 0. The van der Waals surface area contributed by atoms with Crippen molar-refractivity contribution in [1.29, 1.82) is 0 Å². The van der Waals surface area contributed by atoms with Crippen LogP contribution in [0.1, 0.15) is 0 Å². The molecular weight excluding hydrogens is 408 g/mol. The molecule has 0 saturated heterocycles. The van der Waals surface area contributed by atoms with E-state index in [9.17, 15) is 0 Å². The predicted molar refractivity (Wildman–Crippen MR) is 9.94 cm³/mol. The molecule has 0 unspecified atom stereocenters. The molecular formula is H3AlCoCrTaY. The van der Waals surface area contributed by atoms with Crippen LogP contribution in [0.25, 0.3) is 0 Å². The molecule has 0 aliphatic heterocycles. The first-order valence-electron chi connectivity index (χ1n) is 0. The van der Waals surface area contributed by atoms with Crippen LogP contribution in [0.2, 0.25) is 0 Å². The first-order valence-corrected chi connectivity index (χ1v) is 0. The monoisotopic (exact) mass is 411 g/mol. The fraction of sp³-hybridized carbons (Fsp3) is 0. The summed E-state index contributed by atoms with van der Waals surface area (Å²) in [6, 6.07) is 0. The average molecular weight is 411 g/mol. The quantitative estimate of drug-likeness (QED) is 0.441. The topological polar surface area (TPSA) is 0 Å². The largest absolute Gasteiger partial charge is 0.187 e. The van der Waals surface area contributed by atoms with Gasteiger partial charge < -0.3 is 0 Å². The Kier molecular flexibility index (Phi) is 208. The molecule has 0 atom stereocenters. The van der Waals surface area contributed by atoms with Gasteiger partial charge in [-0.05, 0) is 0 Å². The van der Waals surface area contributed by atoms with E-state index in [4.69, 9.17) is 0 Å². The molecule has 0 N–H and O–H groups in total. The standard InChI is InChI=1S/Al.Co.Cr.Ta.Y.3H. The van der Waals surface area contributed by atoms with E-state index in [1.54, 1.807) is 0 Å². The van der Waals surface area contributed by atoms with Crippen LogP contribution >= 0.6 is 0 Å². The van der Waals surface area contributed by atoms with Crippen LogP contribution in [0.15, 0.2) is 0 Å². The van der Waals surface area contributed by atoms with E-state index < -0.39 is 0 Å². The molecule has 0 amide bonds. The second-order valence-corrected chi connectivity index (χ2v) is 0. The van der Waals surface area contributed by atoms with Crippen LogP contribution < -0.4 is 0 Å². The minimum atomic E-state index is 0. The molecule has 0 heterocycles. The van der Waals surface area contributed by atoms with Gasteiger partial charge in [0.25, 0.3) is 0 Å².